The largest absolute Gasteiger partial charge is 0.444 e. The molecule has 6 aromatic rings. The van der Waals surface area contributed by atoms with Gasteiger partial charge >= 0.3 is 12.2 Å². The molecule has 356 valence electrons. The van der Waals surface area contributed by atoms with Crippen LogP contribution in [0.5, 0.6) is 0 Å². The number of piperidine rings is 3. The zero-order chi connectivity index (χ0) is 47.2. The SMILES string of the molecule is CC(C)(C)OC(=O)N1CCC(Cn2ccc3c(Cl)nc(N)nc32)CC1.CC(C)(C)OC(=O)N1CCC(Cn2ccc3c(Cl)ncnc32)CC1.Clc1ncnc2c1ccn2CC1CCNCC1. The monoisotopic (exact) mass is 965 g/mol. The van der Waals surface area contributed by atoms with Gasteiger partial charge in [0.1, 0.15) is 56.3 Å². The van der Waals surface area contributed by atoms with Crippen molar-refractivity contribution in [2.24, 2.45) is 17.8 Å². The van der Waals surface area contributed by atoms with Crippen LogP contribution >= 0.6 is 34.8 Å². The molecule has 0 spiro atoms. The maximum atomic E-state index is 12.1. The van der Waals surface area contributed by atoms with E-state index in [0.717, 1.165) is 111 Å². The number of aromatic nitrogens is 9. The number of rotatable bonds is 6. The molecule has 3 saturated heterocycles. The molecule has 0 bridgehead atoms. The fourth-order valence-electron chi connectivity index (χ4n) is 8.58. The van der Waals surface area contributed by atoms with Crippen LogP contribution in [0.2, 0.25) is 15.5 Å². The summed E-state index contributed by atoms with van der Waals surface area (Å²) in [7, 11) is 0. The molecule has 3 aliphatic rings. The van der Waals surface area contributed by atoms with Crippen LogP contribution in [0.1, 0.15) is 80.1 Å². The Kier molecular flexibility index (Phi) is 15.8. The van der Waals surface area contributed by atoms with E-state index in [9.17, 15) is 9.59 Å². The number of likely N-dealkylation sites (tertiary alicyclic amines) is 2. The number of nitrogens with zero attached hydrogens (tertiary/aromatic N) is 11. The maximum absolute atomic E-state index is 12.1. The Morgan fingerprint density at radius 1 is 0.591 bits per heavy atom. The number of carbonyl (C=O) groups is 2. The second kappa shape index (κ2) is 21.3. The molecular formula is C46H62Cl3N13O4. The Bertz CT molecular complexity index is 2580. The van der Waals surface area contributed by atoms with Crippen LogP contribution < -0.4 is 11.1 Å². The second-order valence-electron chi connectivity index (χ2n) is 19.3. The zero-order valence-corrected chi connectivity index (χ0v) is 41.0. The lowest BCUT2D eigenvalue weighted by Gasteiger charge is -2.33. The second-order valence-corrected chi connectivity index (χ2v) is 20.4. The summed E-state index contributed by atoms with van der Waals surface area (Å²) in [6.07, 6.45) is 14.8. The summed E-state index contributed by atoms with van der Waals surface area (Å²) in [5.41, 5.74) is 7.37. The summed E-state index contributed by atoms with van der Waals surface area (Å²) in [5, 5.41) is 7.42. The van der Waals surface area contributed by atoms with Crippen LogP contribution in [-0.4, -0.2) is 116 Å². The van der Waals surface area contributed by atoms with Crippen molar-refractivity contribution < 1.29 is 19.1 Å². The molecule has 0 aromatic carbocycles. The molecule has 0 aliphatic carbocycles. The van der Waals surface area contributed by atoms with Crippen molar-refractivity contribution >= 4 is 86.0 Å². The molecule has 6 aromatic heterocycles. The smallest absolute Gasteiger partial charge is 0.410 e. The van der Waals surface area contributed by atoms with Crippen LogP contribution in [-0.2, 0) is 29.1 Å². The van der Waals surface area contributed by atoms with Gasteiger partial charge in [0.05, 0.1) is 16.2 Å². The van der Waals surface area contributed by atoms with Gasteiger partial charge in [-0.2, -0.15) is 4.98 Å². The number of fused-ring (bicyclic) bond motifs is 3. The summed E-state index contributed by atoms with van der Waals surface area (Å²) in [5.74, 6) is 1.88. The van der Waals surface area contributed by atoms with Crippen molar-refractivity contribution in [2.75, 3.05) is 45.0 Å². The number of amides is 2. The Labute approximate surface area is 400 Å². The van der Waals surface area contributed by atoms with E-state index in [1.165, 1.54) is 25.5 Å². The number of hydrogen-bond donors (Lipinski definition) is 2. The van der Waals surface area contributed by atoms with E-state index in [-0.39, 0.29) is 18.1 Å². The van der Waals surface area contributed by atoms with Crippen LogP contribution in [0.25, 0.3) is 33.1 Å². The van der Waals surface area contributed by atoms with Gasteiger partial charge in [-0.05, 0) is 129 Å². The fourth-order valence-corrected chi connectivity index (χ4v) is 9.20. The van der Waals surface area contributed by atoms with Crippen molar-refractivity contribution in [1.29, 1.82) is 0 Å². The molecule has 3 N–H and O–H groups in total. The van der Waals surface area contributed by atoms with E-state index in [2.05, 4.69) is 55.1 Å². The fraction of sp³-hybridized carbons (Fsp3) is 0.565. The molecule has 17 nitrogen and oxygen atoms in total. The van der Waals surface area contributed by atoms with Crippen LogP contribution in [0.4, 0.5) is 15.5 Å². The van der Waals surface area contributed by atoms with Gasteiger partial charge in [-0.25, -0.2) is 34.5 Å². The van der Waals surface area contributed by atoms with Crippen molar-refractivity contribution in [3.8, 4) is 0 Å². The molecule has 0 saturated carbocycles. The Morgan fingerprint density at radius 2 is 0.970 bits per heavy atom. The van der Waals surface area contributed by atoms with E-state index in [1.807, 2.05) is 72.1 Å². The average Bonchev–Trinajstić information content (AvgIpc) is 3.99. The highest BCUT2D eigenvalue weighted by Crippen LogP contribution is 2.28. The van der Waals surface area contributed by atoms with Crippen LogP contribution in [0.3, 0.4) is 0 Å². The zero-order valence-electron chi connectivity index (χ0n) is 38.7. The quantitative estimate of drug-likeness (QED) is 0.151. The molecule has 20 heteroatoms. The molecule has 3 aliphatic heterocycles. The predicted octanol–water partition coefficient (Wildman–Crippen LogP) is 9.13. The molecule has 66 heavy (non-hydrogen) atoms. The van der Waals surface area contributed by atoms with Crippen molar-refractivity contribution in [3.63, 3.8) is 0 Å². The molecular weight excluding hydrogens is 905 g/mol. The minimum atomic E-state index is -0.461. The number of halogens is 3. The molecule has 2 amide bonds. The molecule has 0 unspecified atom stereocenters. The van der Waals surface area contributed by atoms with Gasteiger partial charge in [0.25, 0.3) is 0 Å². The van der Waals surface area contributed by atoms with E-state index >= 15 is 0 Å². The Balaban J connectivity index is 0.000000150. The predicted molar refractivity (Wildman–Crippen MR) is 259 cm³/mol. The highest BCUT2D eigenvalue weighted by molar-refractivity contribution is 6.34. The van der Waals surface area contributed by atoms with Crippen molar-refractivity contribution in [1.82, 2.24) is 58.7 Å². The number of nitrogens with two attached hydrogens (primary N) is 1. The summed E-state index contributed by atoms with van der Waals surface area (Å²) in [6, 6.07) is 5.86. The topological polar surface area (TPSA) is 189 Å². The minimum absolute atomic E-state index is 0.178. The molecule has 9 rings (SSSR count). The number of carbonyl (C=O) groups excluding carboxylic acids is 2. The number of anilines is 1. The number of nitrogens with one attached hydrogen (secondary N) is 1. The number of ether oxygens (including phenoxy) is 2. The highest BCUT2D eigenvalue weighted by Gasteiger charge is 2.29. The van der Waals surface area contributed by atoms with Crippen molar-refractivity contribution in [3.05, 3.63) is 64.9 Å². The molecule has 3 fully saturated rings. The van der Waals surface area contributed by atoms with Gasteiger partial charge in [-0.3, -0.25) is 0 Å². The van der Waals surface area contributed by atoms with Gasteiger partial charge in [-0.1, -0.05) is 34.8 Å². The molecule has 9 heterocycles. The van der Waals surface area contributed by atoms with Crippen LogP contribution in [0, 0.1) is 17.8 Å². The van der Waals surface area contributed by atoms with Gasteiger partial charge in [0.15, 0.2) is 0 Å². The van der Waals surface area contributed by atoms with Gasteiger partial charge in [0, 0.05) is 64.4 Å². The summed E-state index contributed by atoms with van der Waals surface area (Å²) in [6.45, 7) is 19.2. The van der Waals surface area contributed by atoms with E-state index in [0.29, 0.717) is 40.4 Å². The summed E-state index contributed by atoms with van der Waals surface area (Å²) >= 11 is 18.3. The third-order valence-electron chi connectivity index (χ3n) is 12.0. The lowest BCUT2D eigenvalue weighted by molar-refractivity contribution is 0.0168. The normalized spacial score (nSPS) is 16.8. The Hall–Kier alpha value is -4.97. The standard InChI is InChI=1S/C17H24ClN5O2.C17H23ClN4O2.C12H15ClN4/c1-17(2,3)25-16(24)22-7-4-11(5-8-22)10-23-9-6-12-13(18)20-15(19)21-14(12)23;1-17(2,3)24-16(23)21-7-4-12(5-8-21)10-22-9-6-13-14(18)19-11-20-15(13)22;13-11-10-3-6-17(12(10)16-8-15-11)7-9-1-4-14-5-2-9/h6,9,11H,4-5,7-8,10H2,1-3H3,(H2,19,20,21);6,9,11-12H,4-5,7-8,10H2,1-3H3;3,6,8-9,14H,1-2,4-5,7H2. The maximum Gasteiger partial charge on any atom is 0.410 e. The van der Waals surface area contributed by atoms with E-state index < -0.39 is 11.2 Å². The van der Waals surface area contributed by atoms with Gasteiger partial charge in [-0.15, -0.1) is 0 Å². The Morgan fingerprint density at radius 3 is 1.38 bits per heavy atom. The van der Waals surface area contributed by atoms with Crippen LogP contribution in [0.15, 0.2) is 49.4 Å². The number of nitrogen functional groups attached to an aromatic ring is 1. The first kappa shape index (κ1) is 48.9. The van der Waals surface area contributed by atoms with Crippen molar-refractivity contribution in [2.45, 2.75) is 111 Å². The third-order valence-corrected chi connectivity index (χ3v) is 12.9. The lowest BCUT2D eigenvalue weighted by atomic mass is 9.97. The minimum Gasteiger partial charge on any atom is -0.444 e. The third kappa shape index (κ3) is 12.9. The summed E-state index contributed by atoms with van der Waals surface area (Å²) < 4.78 is 17.3. The number of hydrogen-bond acceptors (Lipinski definition) is 12. The highest BCUT2D eigenvalue weighted by atomic mass is 35.5. The average molecular weight is 967 g/mol. The molecule has 0 atom stereocenters. The lowest BCUT2D eigenvalue weighted by Crippen LogP contribution is -2.42. The van der Waals surface area contributed by atoms with Gasteiger partial charge < -0.3 is 44.0 Å². The van der Waals surface area contributed by atoms with E-state index in [1.54, 1.807) is 9.80 Å². The first-order valence-electron chi connectivity index (χ1n) is 22.8. The molecule has 0 radical (unpaired) electrons. The van der Waals surface area contributed by atoms with E-state index in [4.69, 9.17) is 50.0 Å². The van der Waals surface area contributed by atoms with Gasteiger partial charge in [0.2, 0.25) is 5.95 Å². The first-order chi connectivity index (χ1) is 31.4. The summed E-state index contributed by atoms with van der Waals surface area (Å²) in [4.78, 5) is 52.8. The first-order valence-corrected chi connectivity index (χ1v) is 23.9.